The number of nitrogens with zero attached hydrogens (tertiary/aromatic N) is 2. The smallest absolute Gasteiger partial charge is 0.258 e. The van der Waals surface area contributed by atoms with E-state index in [4.69, 9.17) is 10.5 Å². The van der Waals surface area contributed by atoms with Crippen LogP contribution in [-0.2, 0) is 0 Å². The maximum Gasteiger partial charge on any atom is 0.258 e. The Bertz CT molecular complexity index is 880. The van der Waals surface area contributed by atoms with Crippen molar-refractivity contribution in [1.29, 1.82) is 0 Å². The van der Waals surface area contributed by atoms with Crippen LogP contribution in [0.4, 0.5) is 0 Å². The highest BCUT2D eigenvalue weighted by atomic mass is 32.1. The third-order valence-electron chi connectivity index (χ3n) is 3.60. The lowest BCUT2D eigenvalue weighted by Gasteiger charge is -2.12. The standard InChI is InChI=1S/C17H17N3O2S/c1-10-6-11(2)20(19-10)15-8-13(22-3)4-5-14(15)12-7-16(17(18)21)23-9-12/h4-9H,1-3H3,(H2,18,21). The van der Waals surface area contributed by atoms with Crippen LogP contribution in [0.25, 0.3) is 16.8 Å². The summed E-state index contributed by atoms with van der Waals surface area (Å²) in [6, 6.07) is 9.63. The van der Waals surface area contributed by atoms with E-state index in [9.17, 15) is 4.79 Å². The summed E-state index contributed by atoms with van der Waals surface area (Å²) in [4.78, 5) is 11.9. The molecule has 118 valence electrons. The van der Waals surface area contributed by atoms with Crippen LogP contribution in [0.2, 0.25) is 0 Å². The molecule has 0 aliphatic carbocycles. The number of carbonyl (C=O) groups is 1. The first-order valence-electron chi connectivity index (χ1n) is 7.10. The highest BCUT2D eigenvalue weighted by Crippen LogP contribution is 2.33. The van der Waals surface area contributed by atoms with Gasteiger partial charge in [0.15, 0.2) is 0 Å². The number of amides is 1. The Hall–Kier alpha value is -2.60. The van der Waals surface area contributed by atoms with E-state index < -0.39 is 5.91 Å². The van der Waals surface area contributed by atoms with Crippen molar-refractivity contribution in [1.82, 2.24) is 9.78 Å². The normalized spacial score (nSPS) is 10.7. The molecule has 2 heterocycles. The fourth-order valence-electron chi connectivity index (χ4n) is 2.54. The number of thiophene rings is 1. The first kappa shape index (κ1) is 15.3. The summed E-state index contributed by atoms with van der Waals surface area (Å²) in [5, 5.41) is 6.48. The third kappa shape index (κ3) is 2.85. The SMILES string of the molecule is COc1ccc(-c2csc(C(N)=O)c2)c(-n2nc(C)cc2C)c1. The second-order valence-electron chi connectivity index (χ2n) is 5.29. The van der Waals surface area contributed by atoms with Gasteiger partial charge >= 0.3 is 0 Å². The molecule has 0 aliphatic heterocycles. The lowest BCUT2D eigenvalue weighted by Crippen LogP contribution is -2.08. The van der Waals surface area contributed by atoms with Crippen LogP contribution in [0, 0.1) is 13.8 Å². The summed E-state index contributed by atoms with van der Waals surface area (Å²) < 4.78 is 7.23. The fraction of sp³-hybridized carbons (Fsp3) is 0.176. The molecule has 1 amide bonds. The second kappa shape index (κ2) is 5.89. The van der Waals surface area contributed by atoms with E-state index in [1.807, 2.05) is 54.2 Å². The highest BCUT2D eigenvalue weighted by Gasteiger charge is 2.14. The van der Waals surface area contributed by atoms with Crippen LogP contribution in [0.3, 0.4) is 0 Å². The van der Waals surface area contributed by atoms with Crippen LogP contribution in [-0.4, -0.2) is 22.8 Å². The summed E-state index contributed by atoms with van der Waals surface area (Å²) in [5.41, 5.74) is 10.2. The van der Waals surface area contributed by atoms with E-state index in [0.29, 0.717) is 4.88 Å². The zero-order chi connectivity index (χ0) is 16.6. The Balaban J connectivity index is 2.20. The average Bonchev–Trinajstić information content (AvgIpc) is 3.13. The quantitative estimate of drug-likeness (QED) is 0.799. The molecule has 3 aromatic rings. The number of ether oxygens (including phenoxy) is 1. The average molecular weight is 327 g/mol. The number of aromatic nitrogens is 2. The Morgan fingerprint density at radius 3 is 2.61 bits per heavy atom. The minimum absolute atomic E-state index is 0.414. The summed E-state index contributed by atoms with van der Waals surface area (Å²) >= 11 is 1.34. The van der Waals surface area contributed by atoms with Crippen molar-refractivity contribution in [2.45, 2.75) is 13.8 Å². The number of carbonyl (C=O) groups excluding carboxylic acids is 1. The van der Waals surface area contributed by atoms with Crippen LogP contribution in [0.15, 0.2) is 35.7 Å². The van der Waals surface area contributed by atoms with Gasteiger partial charge in [0.1, 0.15) is 5.75 Å². The zero-order valence-electron chi connectivity index (χ0n) is 13.2. The van der Waals surface area contributed by atoms with Crippen molar-refractivity contribution in [3.05, 3.63) is 52.0 Å². The third-order valence-corrected chi connectivity index (χ3v) is 4.54. The van der Waals surface area contributed by atoms with Gasteiger partial charge in [0.05, 0.1) is 23.4 Å². The first-order chi connectivity index (χ1) is 11.0. The number of rotatable bonds is 4. The van der Waals surface area contributed by atoms with Gasteiger partial charge in [-0.3, -0.25) is 4.79 Å². The van der Waals surface area contributed by atoms with E-state index in [0.717, 1.165) is 34.0 Å². The molecule has 1 aromatic carbocycles. The lowest BCUT2D eigenvalue weighted by molar-refractivity contribution is 0.100. The number of nitrogens with two attached hydrogens (primary N) is 1. The van der Waals surface area contributed by atoms with Crippen molar-refractivity contribution >= 4 is 17.2 Å². The van der Waals surface area contributed by atoms with Gasteiger partial charge in [-0.1, -0.05) is 0 Å². The Labute approximate surface area is 138 Å². The van der Waals surface area contributed by atoms with E-state index in [-0.39, 0.29) is 0 Å². The molecule has 0 bridgehead atoms. The van der Waals surface area contributed by atoms with Crippen LogP contribution in [0.5, 0.6) is 5.75 Å². The second-order valence-corrected chi connectivity index (χ2v) is 6.20. The summed E-state index contributed by atoms with van der Waals surface area (Å²) in [5.74, 6) is 0.337. The van der Waals surface area contributed by atoms with Crippen molar-refractivity contribution in [3.8, 4) is 22.6 Å². The number of hydrogen-bond donors (Lipinski definition) is 1. The van der Waals surface area contributed by atoms with Crippen LogP contribution >= 0.6 is 11.3 Å². The Morgan fingerprint density at radius 2 is 2.04 bits per heavy atom. The van der Waals surface area contributed by atoms with Gasteiger partial charge in [0, 0.05) is 17.3 Å². The van der Waals surface area contributed by atoms with Crippen LogP contribution < -0.4 is 10.5 Å². The fourth-order valence-corrected chi connectivity index (χ4v) is 3.30. The largest absolute Gasteiger partial charge is 0.497 e. The molecule has 6 heteroatoms. The molecule has 0 radical (unpaired) electrons. The van der Waals surface area contributed by atoms with Crippen molar-refractivity contribution in [2.75, 3.05) is 7.11 Å². The first-order valence-corrected chi connectivity index (χ1v) is 7.98. The summed E-state index contributed by atoms with van der Waals surface area (Å²) in [6.07, 6.45) is 0. The summed E-state index contributed by atoms with van der Waals surface area (Å²) in [6.45, 7) is 3.96. The number of primary amides is 1. The van der Waals surface area contributed by atoms with Crippen molar-refractivity contribution in [3.63, 3.8) is 0 Å². The molecule has 5 nitrogen and oxygen atoms in total. The monoisotopic (exact) mass is 327 g/mol. The topological polar surface area (TPSA) is 70.1 Å². The highest BCUT2D eigenvalue weighted by molar-refractivity contribution is 7.12. The molecule has 0 saturated heterocycles. The Kier molecular flexibility index (Phi) is 3.92. The molecular formula is C17H17N3O2S. The molecule has 23 heavy (non-hydrogen) atoms. The molecule has 0 aliphatic rings. The van der Waals surface area contributed by atoms with Gasteiger partial charge in [0.25, 0.3) is 5.91 Å². The molecule has 0 unspecified atom stereocenters. The molecular weight excluding hydrogens is 310 g/mol. The van der Waals surface area contributed by atoms with Gasteiger partial charge in [-0.05, 0) is 49.1 Å². The van der Waals surface area contributed by atoms with E-state index in [1.165, 1.54) is 11.3 Å². The molecule has 0 fully saturated rings. The number of methoxy groups -OCH3 is 1. The predicted molar refractivity (Wildman–Crippen MR) is 91.4 cm³/mol. The number of aryl methyl sites for hydroxylation is 2. The van der Waals surface area contributed by atoms with Crippen molar-refractivity contribution < 1.29 is 9.53 Å². The minimum atomic E-state index is -0.414. The lowest BCUT2D eigenvalue weighted by atomic mass is 10.1. The predicted octanol–water partition coefficient (Wildman–Crippen LogP) is 3.33. The molecule has 0 saturated carbocycles. The van der Waals surface area contributed by atoms with Crippen molar-refractivity contribution in [2.24, 2.45) is 5.73 Å². The molecule has 2 N–H and O–H groups in total. The van der Waals surface area contributed by atoms with Gasteiger partial charge in [-0.25, -0.2) is 4.68 Å². The van der Waals surface area contributed by atoms with Gasteiger partial charge < -0.3 is 10.5 Å². The molecule has 0 spiro atoms. The van der Waals surface area contributed by atoms with E-state index >= 15 is 0 Å². The van der Waals surface area contributed by atoms with Gasteiger partial charge in [-0.2, -0.15) is 5.10 Å². The van der Waals surface area contributed by atoms with Crippen LogP contribution in [0.1, 0.15) is 21.1 Å². The maximum atomic E-state index is 11.4. The molecule has 3 rings (SSSR count). The maximum absolute atomic E-state index is 11.4. The number of benzene rings is 1. The van der Waals surface area contributed by atoms with Gasteiger partial charge in [0.2, 0.25) is 0 Å². The zero-order valence-corrected chi connectivity index (χ0v) is 14.0. The number of hydrogen-bond acceptors (Lipinski definition) is 4. The van der Waals surface area contributed by atoms with E-state index in [1.54, 1.807) is 7.11 Å². The minimum Gasteiger partial charge on any atom is -0.497 e. The van der Waals surface area contributed by atoms with E-state index in [2.05, 4.69) is 5.10 Å². The molecule has 2 aromatic heterocycles. The Morgan fingerprint density at radius 1 is 1.26 bits per heavy atom. The van der Waals surface area contributed by atoms with Gasteiger partial charge in [-0.15, -0.1) is 11.3 Å². The summed E-state index contributed by atoms with van der Waals surface area (Å²) in [7, 11) is 1.63. The molecule has 0 atom stereocenters.